The molecule has 1 saturated carbocycles. The summed E-state index contributed by atoms with van der Waals surface area (Å²) < 4.78 is 11.6. The standard InChI is InChI=1S/C10H16O2/c1-7-3-4-9-8(2)6-11-10(9,5-7)12-9/h7-8H,3-6H2,1-2H3. The van der Waals surface area contributed by atoms with Gasteiger partial charge in [0.25, 0.3) is 0 Å². The van der Waals surface area contributed by atoms with Gasteiger partial charge in [0.2, 0.25) is 0 Å². The van der Waals surface area contributed by atoms with Crippen molar-refractivity contribution in [3.63, 3.8) is 0 Å². The average Bonchev–Trinajstić information content (AvgIpc) is 2.63. The summed E-state index contributed by atoms with van der Waals surface area (Å²) in [5.74, 6) is 1.28. The molecule has 3 rings (SSSR count). The Morgan fingerprint density at radius 3 is 3.00 bits per heavy atom. The topological polar surface area (TPSA) is 21.8 Å². The van der Waals surface area contributed by atoms with E-state index in [1.807, 2.05) is 0 Å². The molecule has 0 radical (unpaired) electrons. The van der Waals surface area contributed by atoms with Gasteiger partial charge in [0.15, 0.2) is 5.79 Å². The van der Waals surface area contributed by atoms with Gasteiger partial charge in [-0.1, -0.05) is 13.8 Å². The van der Waals surface area contributed by atoms with Crippen LogP contribution in [0.3, 0.4) is 0 Å². The van der Waals surface area contributed by atoms with Gasteiger partial charge < -0.3 is 9.47 Å². The summed E-state index contributed by atoms with van der Waals surface area (Å²) in [6.45, 7) is 5.46. The second-order valence-corrected chi connectivity index (χ2v) is 4.80. The molecular formula is C10H16O2. The van der Waals surface area contributed by atoms with E-state index in [0.717, 1.165) is 18.9 Å². The zero-order valence-electron chi connectivity index (χ0n) is 7.80. The van der Waals surface area contributed by atoms with Crippen molar-refractivity contribution < 1.29 is 9.47 Å². The summed E-state index contributed by atoms with van der Waals surface area (Å²) >= 11 is 0. The van der Waals surface area contributed by atoms with Gasteiger partial charge in [0, 0.05) is 12.3 Å². The van der Waals surface area contributed by atoms with E-state index < -0.39 is 0 Å². The highest BCUT2D eigenvalue weighted by atomic mass is 16.8. The largest absolute Gasteiger partial charge is 0.347 e. The summed E-state index contributed by atoms with van der Waals surface area (Å²) in [6.07, 6.45) is 3.65. The zero-order chi connectivity index (χ0) is 8.40. The van der Waals surface area contributed by atoms with Gasteiger partial charge in [-0.25, -0.2) is 0 Å². The summed E-state index contributed by atoms with van der Waals surface area (Å²) in [7, 11) is 0. The molecule has 0 aromatic heterocycles. The van der Waals surface area contributed by atoms with Crippen LogP contribution in [0.4, 0.5) is 0 Å². The maximum absolute atomic E-state index is 5.85. The minimum Gasteiger partial charge on any atom is -0.347 e. The molecule has 0 spiro atoms. The molecule has 68 valence electrons. The Labute approximate surface area is 73.2 Å². The van der Waals surface area contributed by atoms with Crippen molar-refractivity contribution in [2.45, 2.75) is 44.5 Å². The summed E-state index contributed by atoms with van der Waals surface area (Å²) in [5, 5.41) is 0. The van der Waals surface area contributed by atoms with Gasteiger partial charge in [-0.05, 0) is 18.8 Å². The van der Waals surface area contributed by atoms with E-state index in [-0.39, 0.29) is 11.4 Å². The van der Waals surface area contributed by atoms with E-state index in [0.29, 0.717) is 5.92 Å². The first kappa shape index (κ1) is 7.34. The first-order valence-corrected chi connectivity index (χ1v) is 5.03. The normalized spacial score (nSPS) is 62.5. The lowest BCUT2D eigenvalue weighted by Gasteiger charge is -2.23. The van der Waals surface area contributed by atoms with Crippen LogP contribution in [-0.4, -0.2) is 18.0 Å². The van der Waals surface area contributed by atoms with E-state index in [2.05, 4.69) is 13.8 Å². The Kier molecular flexibility index (Phi) is 1.15. The molecule has 0 aromatic rings. The van der Waals surface area contributed by atoms with E-state index in [9.17, 15) is 0 Å². The van der Waals surface area contributed by atoms with Gasteiger partial charge in [0.05, 0.1) is 6.61 Å². The molecule has 0 aromatic carbocycles. The average molecular weight is 168 g/mol. The predicted molar refractivity (Wildman–Crippen MR) is 44.7 cm³/mol. The fourth-order valence-corrected chi connectivity index (χ4v) is 3.07. The lowest BCUT2D eigenvalue weighted by Crippen LogP contribution is -2.32. The second-order valence-electron chi connectivity index (χ2n) is 4.80. The molecule has 2 nitrogen and oxygen atoms in total. The molecule has 0 bridgehead atoms. The van der Waals surface area contributed by atoms with Gasteiger partial charge in [0.1, 0.15) is 5.60 Å². The minimum absolute atomic E-state index is 0.121. The molecule has 2 saturated heterocycles. The SMILES string of the molecule is CC1CCC23OC2(C1)OCC3C. The molecule has 0 amide bonds. The van der Waals surface area contributed by atoms with Crippen molar-refractivity contribution in [1.29, 1.82) is 0 Å². The van der Waals surface area contributed by atoms with Crippen LogP contribution in [0, 0.1) is 11.8 Å². The Morgan fingerprint density at radius 1 is 1.33 bits per heavy atom. The van der Waals surface area contributed by atoms with Crippen LogP contribution in [0.2, 0.25) is 0 Å². The molecule has 2 heterocycles. The maximum Gasteiger partial charge on any atom is 0.199 e. The van der Waals surface area contributed by atoms with Crippen LogP contribution in [0.1, 0.15) is 33.1 Å². The quantitative estimate of drug-likeness (QED) is 0.515. The first-order valence-electron chi connectivity index (χ1n) is 5.03. The van der Waals surface area contributed by atoms with Crippen LogP contribution in [-0.2, 0) is 9.47 Å². The highest BCUT2D eigenvalue weighted by Gasteiger charge is 2.78. The third kappa shape index (κ3) is 0.612. The lowest BCUT2D eigenvalue weighted by molar-refractivity contribution is -0.0591. The van der Waals surface area contributed by atoms with Gasteiger partial charge in [-0.3, -0.25) is 0 Å². The smallest absolute Gasteiger partial charge is 0.199 e. The Balaban J connectivity index is 1.92. The van der Waals surface area contributed by atoms with E-state index >= 15 is 0 Å². The molecule has 2 heteroatoms. The second kappa shape index (κ2) is 1.88. The number of hydrogen-bond donors (Lipinski definition) is 0. The molecule has 4 atom stereocenters. The summed E-state index contributed by atoms with van der Waals surface area (Å²) in [6, 6.07) is 0. The van der Waals surface area contributed by atoms with Crippen molar-refractivity contribution in [2.24, 2.45) is 11.8 Å². The molecular weight excluding hydrogens is 152 g/mol. The van der Waals surface area contributed by atoms with E-state index in [1.165, 1.54) is 12.8 Å². The summed E-state index contributed by atoms with van der Waals surface area (Å²) in [5.41, 5.74) is 0.152. The van der Waals surface area contributed by atoms with E-state index in [4.69, 9.17) is 9.47 Å². The monoisotopic (exact) mass is 168 g/mol. The van der Waals surface area contributed by atoms with Gasteiger partial charge >= 0.3 is 0 Å². The van der Waals surface area contributed by atoms with Gasteiger partial charge in [-0.2, -0.15) is 0 Å². The van der Waals surface area contributed by atoms with E-state index in [1.54, 1.807) is 0 Å². The highest BCUT2D eigenvalue weighted by Crippen LogP contribution is 2.66. The third-order valence-corrected chi connectivity index (χ3v) is 3.94. The third-order valence-electron chi connectivity index (χ3n) is 3.94. The molecule has 3 fully saturated rings. The molecule has 3 aliphatic rings. The van der Waals surface area contributed by atoms with Crippen LogP contribution in [0.5, 0.6) is 0 Å². The fourth-order valence-electron chi connectivity index (χ4n) is 3.07. The highest BCUT2D eigenvalue weighted by molar-refractivity contribution is 5.18. The van der Waals surface area contributed by atoms with Crippen LogP contribution in [0.15, 0.2) is 0 Å². The first-order chi connectivity index (χ1) is 5.69. The summed E-state index contributed by atoms with van der Waals surface area (Å²) in [4.78, 5) is 0. The molecule has 4 unspecified atom stereocenters. The number of ether oxygens (including phenoxy) is 2. The lowest BCUT2D eigenvalue weighted by atomic mass is 9.77. The van der Waals surface area contributed by atoms with Crippen LogP contribution < -0.4 is 0 Å². The van der Waals surface area contributed by atoms with Crippen molar-refractivity contribution in [3.8, 4) is 0 Å². The molecule has 2 aliphatic heterocycles. The van der Waals surface area contributed by atoms with Crippen LogP contribution in [0.25, 0.3) is 0 Å². The molecule has 0 N–H and O–H groups in total. The number of hydrogen-bond acceptors (Lipinski definition) is 2. The number of rotatable bonds is 0. The Bertz CT molecular complexity index is 228. The van der Waals surface area contributed by atoms with Crippen molar-refractivity contribution >= 4 is 0 Å². The Hall–Kier alpha value is -0.0800. The van der Waals surface area contributed by atoms with Crippen molar-refractivity contribution in [2.75, 3.05) is 6.61 Å². The van der Waals surface area contributed by atoms with Crippen LogP contribution >= 0.6 is 0 Å². The van der Waals surface area contributed by atoms with Crippen molar-refractivity contribution in [1.82, 2.24) is 0 Å². The minimum atomic E-state index is -0.121. The maximum atomic E-state index is 5.85. The molecule has 1 aliphatic carbocycles. The fraction of sp³-hybridized carbons (Fsp3) is 1.00. The Morgan fingerprint density at radius 2 is 2.17 bits per heavy atom. The van der Waals surface area contributed by atoms with Gasteiger partial charge in [-0.15, -0.1) is 0 Å². The zero-order valence-corrected chi connectivity index (χ0v) is 7.80. The number of epoxide rings is 1. The predicted octanol–water partition coefficient (Wildman–Crippen LogP) is 1.94. The molecule has 12 heavy (non-hydrogen) atoms. The van der Waals surface area contributed by atoms with Crippen molar-refractivity contribution in [3.05, 3.63) is 0 Å².